The number of hydrogen-bond acceptors (Lipinski definition) is 6. The van der Waals surface area contributed by atoms with E-state index in [0.717, 1.165) is 0 Å². The monoisotopic (exact) mass is 370 g/mol. The fourth-order valence-electron chi connectivity index (χ4n) is 2.48. The van der Waals surface area contributed by atoms with Crippen LogP contribution in [0.3, 0.4) is 0 Å². The number of nitrogens with one attached hydrogen (secondary N) is 1. The highest BCUT2D eigenvalue weighted by Crippen LogP contribution is 2.40. The number of rotatable bonds is 6. The van der Waals surface area contributed by atoms with E-state index in [1.165, 1.54) is 26.2 Å². The van der Waals surface area contributed by atoms with Crippen LogP contribution in [0.1, 0.15) is 6.42 Å². The lowest BCUT2D eigenvalue weighted by atomic mass is 10.1. The Morgan fingerprint density at radius 2 is 1.96 bits per heavy atom. The average molecular weight is 371 g/mol. The molecular formula is C16H19ClN2O6. The van der Waals surface area contributed by atoms with Gasteiger partial charge in [0.2, 0.25) is 5.91 Å². The summed E-state index contributed by atoms with van der Waals surface area (Å²) < 4.78 is 15.3. The average Bonchev–Trinajstić information content (AvgIpc) is 3.00. The summed E-state index contributed by atoms with van der Waals surface area (Å²) in [6, 6.07) is 3.12. The summed E-state index contributed by atoms with van der Waals surface area (Å²) in [5.74, 6) is -1.13. The Labute approximate surface area is 150 Å². The van der Waals surface area contributed by atoms with Crippen LogP contribution in [-0.2, 0) is 19.1 Å². The lowest BCUT2D eigenvalue weighted by Crippen LogP contribution is -2.29. The Bertz CT molecular complexity index is 693. The summed E-state index contributed by atoms with van der Waals surface area (Å²) in [6.07, 6.45) is -0.0145. The summed E-state index contributed by atoms with van der Waals surface area (Å²) in [5, 5.41) is 2.67. The predicted molar refractivity (Wildman–Crippen MR) is 90.0 cm³/mol. The van der Waals surface area contributed by atoms with Crippen molar-refractivity contribution in [2.75, 3.05) is 39.3 Å². The van der Waals surface area contributed by atoms with Gasteiger partial charge in [-0.25, -0.2) is 0 Å². The summed E-state index contributed by atoms with van der Waals surface area (Å²) in [4.78, 5) is 36.9. The molecule has 0 radical (unpaired) electrons. The molecule has 25 heavy (non-hydrogen) atoms. The molecule has 2 amide bonds. The van der Waals surface area contributed by atoms with Crippen LogP contribution < -0.4 is 19.7 Å². The number of esters is 1. The number of amides is 2. The van der Waals surface area contributed by atoms with Crippen LogP contribution >= 0.6 is 11.6 Å². The molecule has 1 aromatic carbocycles. The first-order valence-electron chi connectivity index (χ1n) is 7.50. The van der Waals surface area contributed by atoms with Gasteiger partial charge in [0, 0.05) is 26.1 Å². The van der Waals surface area contributed by atoms with E-state index in [-0.39, 0.29) is 25.5 Å². The molecule has 0 bridgehead atoms. The first-order valence-corrected chi connectivity index (χ1v) is 7.88. The van der Waals surface area contributed by atoms with Crippen LogP contribution in [0.4, 0.5) is 5.69 Å². The van der Waals surface area contributed by atoms with E-state index in [4.69, 9.17) is 25.8 Å². The summed E-state index contributed by atoms with van der Waals surface area (Å²) >= 11 is 6.13. The number of ether oxygens (including phenoxy) is 3. The molecule has 1 saturated heterocycles. The molecular weight excluding hydrogens is 352 g/mol. The van der Waals surface area contributed by atoms with Crippen LogP contribution in [0.15, 0.2) is 12.1 Å². The minimum absolute atomic E-state index is 0.0145. The zero-order valence-electron chi connectivity index (χ0n) is 14.1. The van der Waals surface area contributed by atoms with Crippen molar-refractivity contribution in [2.24, 2.45) is 5.92 Å². The predicted octanol–water partition coefficient (Wildman–Crippen LogP) is 0.999. The molecule has 9 heteroatoms. The summed E-state index contributed by atoms with van der Waals surface area (Å²) in [7, 11) is 4.37. The first kappa shape index (κ1) is 18.9. The van der Waals surface area contributed by atoms with Crippen molar-refractivity contribution in [3.05, 3.63) is 17.2 Å². The topological polar surface area (TPSA) is 94.2 Å². The molecule has 1 heterocycles. The van der Waals surface area contributed by atoms with Crippen LogP contribution in [0.5, 0.6) is 11.5 Å². The second-order valence-corrected chi connectivity index (χ2v) is 5.75. The molecule has 0 spiro atoms. The molecule has 0 unspecified atom stereocenters. The van der Waals surface area contributed by atoms with Gasteiger partial charge in [-0.3, -0.25) is 14.4 Å². The van der Waals surface area contributed by atoms with Gasteiger partial charge < -0.3 is 24.4 Å². The number of halogens is 1. The van der Waals surface area contributed by atoms with Crippen molar-refractivity contribution in [3.8, 4) is 11.5 Å². The molecule has 1 aromatic rings. The van der Waals surface area contributed by atoms with Gasteiger partial charge in [-0.05, 0) is 6.07 Å². The zero-order valence-corrected chi connectivity index (χ0v) is 14.9. The maximum absolute atomic E-state index is 12.3. The van der Waals surface area contributed by atoms with E-state index in [1.54, 1.807) is 12.1 Å². The van der Waals surface area contributed by atoms with Gasteiger partial charge in [0.25, 0.3) is 5.91 Å². The number of likely N-dealkylation sites (N-methyl/N-ethyl adjacent to an activating group) is 1. The van der Waals surface area contributed by atoms with Crippen LogP contribution in [-0.4, -0.2) is 52.2 Å². The number of benzene rings is 1. The number of carbonyl (C=O) groups is 3. The molecule has 136 valence electrons. The molecule has 2 rings (SSSR count). The number of anilines is 1. The highest BCUT2D eigenvalue weighted by Gasteiger charge is 2.37. The van der Waals surface area contributed by atoms with Crippen LogP contribution in [0.2, 0.25) is 5.02 Å². The summed E-state index contributed by atoms with van der Waals surface area (Å²) in [5.41, 5.74) is 0.444. The molecule has 1 fully saturated rings. The number of carbonyl (C=O) groups excluding carboxylic acids is 3. The van der Waals surface area contributed by atoms with E-state index >= 15 is 0 Å². The molecule has 0 aliphatic carbocycles. The Morgan fingerprint density at radius 3 is 2.56 bits per heavy atom. The second-order valence-electron chi connectivity index (χ2n) is 5.34. The summed E-state index contributed by atoms with van der Waals surface area (Å²) in [6.45, 7) is -0.262. The highest BCUT2D eigenvalue weighted by molar-refractivity contribution is 6.32. The third-order valence-electron chi connectivity index (χ3n) is 3.83. The maximum Gasteiger partial charge on any atom is 0.311 e. The van der Waals surface area contributed by atoms with E-state index < -0.39 is 17.8 Å². The Morgan fingerprint density at radius 1 is 1.28 bits per heavy atom. The van der Waals surface area contributed by atoms with Crippen molar-refractivity contribution in [3.63, 3.8) is 0 Å². The maximum atomic E-state index is 12.3. The molecule has 1 aliphatic rings. The minimum Gasteiger partial charge on any atom is -0.495 e. The smallest absolute Gasteiger partial charge is 0.311 e. The molecule has 1 aliphatic heterocycles. The van der Waals surface area contributed by atoms with Crippen LogP contribution in [0, 0.1) is 5.92 Å². The van der Waals surface area contributed by atoms with Crippen molar-refractivity contribution in [1.82, 2.24) is 5.32 Å². The SMILES string of the molecule is CNC(=O)COC(=O)[C@H]1CC(=O)N(c2cc(Cl)c(OC)cc2OC)C1. The van der Waals surface area contributed by atoms with E-state index in [9.17, 15) is 14.4 Å². The Hall–Kier alpha value is -2.48. The van der Waals surface area contributed by atoms with Crippen molar-refractivity contribution >= 4 is 35.1 Å². The number of hydrogen-bond donors (Lipinski definition) is 1. The number of nitrogens with zero attached hydrogens (tertiary/aromatic N) is 1. The van der Waals surface area contributed by atoms with Gasteiger partial charge >= 0.3 is 5.97 Å². The van der Waals surface area contributed by atoms with Gasteiger partial charge in [-0.15, -0.1) is 0 Å². The Kier molecular flexibility index (Phi) is 6.08. The molecule has 0 saturated carbocycles. The molecule has 0 aromatic heterocycles. The normalized spacial score (nSPS) is 16.6. The standard InChI is InChI=1S/C16H19ClN2O6/c1-18-14(20)8-25-16(22)9-4-15(21)19(7-9)11-5-10(17)12(23-2)6-13(11)24-3/h5-6,9H,4,7-8H2,1-3H3,(H,18,20)/t9-/m0/s1. The third kappa shape index (κ3) is 4.14. The quantitative estimate of drug-likeness (QED) is 0.751. The van der Waals surface area contributed by atoms with Crippen molar-refractivity contribution in [2.45, 2.75) is 6.42 Å². The highest BCUT2D eigenvalue weighted by atomic mass is 35.5. The van der Waals surface area contributed by atoms with E-state index in [2.05, 4.69) is 5.32 Å². The number of methoxy groups -OCH3 is 2. The second kappa shape index (κ2) is 8.06. The van der Waals surface area contributed by atoms with Crippen molar-refractivity contribution < 1.29 is 28.6 Å². The third-order valence-corrected chi connectivity index (χ3v) is 4.12. The van der Waals surface area contributed by atoms with Gasteiger partial charge in [0.1, 0.15) is 11.5 Å². The van der Waals surface area contributed by atoms with Gasteiger partial charge in [0.05, 0.1) is 30.8 Å². The van der Waals surface area contributed by atoms with E-state index in [0.29, 0.717) is 22.2 Å². The fourth-order valence-corrected chi connectivity index (χ4v) is 2.72. The Balaban J connectivity index is 2.16. The minimum atomic E-state index is -0.664. The van der Waals surface area contributed by atoms with Gasteiger partial charge in [0.15, 0.2) is 6.61 Å². The van der Waals surface area contributed by atoms with Gasteiger partial charge in [-0.2, -0.15) is 0 Å². The van der Waals surface area contributed by atoms with Gasteiger partial charge in [-0.1, -0.05) is 11.6 Å². The lowest BCUT2D eigenvalue weighted by Gasteiger charge is -2.20. The van der Waals surface area contributed by atoms with Crippen molar-refractivity contribution in [1.29, 1.82) is 0 Å². The largest absolute Gasteiger partial charge is 0.495 e. The molecule has 8 nitrogen and oxygen atoms in total. The lowest BCUT2D eigenvalue weighted by molar-refractivity contribution is -0.152. The van der Waals surface area contributed by atoms with E-state index in [1.807, 2.05) is 0 Å². The molecule has 1 atom stereocenters. The molecule has 1 N–H and O–H groups in total. The zero-order chi connectivity index (χ0) is 18.6. The first-order chi connectivity index (χ1) is 11.9. The fraction of sp³-hybridized carbons (Fsp3) is 0.438. The van der Waals surface area contributed by atoms with Crippen LogP contribution in [0.25, 0.3) is 0 Å².